The molecule has 94 valence electrons. The molecular formula is C12H9F2NO2S. The Labute approximate surface area is 106 Å². The molecule has 1 aromatic heterocycles. The molecule has 0 amide bonds. The Kier molecular flexibility index (Phi) is 3.57. The third kappa shape index (κ3) is 2.33. The number of benzene rings is 1. The molecular weight excluding hydrogens is 260 g/mol. The minimum Gasteiger partial charge on any atom is -0.465 e. The first kappa shape index (κ1) is 12.5. The van der Waals surface area contributed by atoms with Crippen LogP contribution in [0.5, 0.6) is 0 Å². The summed E-state index contributed by atoms with van der Waals surface area (Å²) in [7, 11) is 1.24. The minimum absolute atomic E-state index is 0.241. The zero-order valence-electron chi connectivity index (χ0n) is 9.37. The highest BCUT2D eigenvalue weighted by atomic mass is 32.1. The van der Waals surface area contributed by atoms with Gasteiger partial charge in [-0.1, -0.05) is 6.07 Å². The number of rotatable bonds is 3. The van der Waals surface area contributed by atoms with Gasteiger partial charge in [0.05, 0.1) is 18.4 Å². The molecule has 0 saturated carbocycles. The quantitative estimate of drug-likeness (QED) is 0.866. The molecule has 0 aliphatic carbocycles. The van der Waals surface area contributed by atoms with Crippen molar-refractivity contribution in [3.05, 3.63) is 46.2 Å². The molecule has 0 saturated heterocycles. The van der Waals surface area contributed by atoms with Gasteiger partial charge in [-0.05, 0) is 12.1 Å². The summed E-state index contributed by atoms with van der Waals surface area (Å²) in [6, 6.07) is 3.54. The summed E-state index contributed by atoms with van der Waals surface area (Å²) in [5.74, 6) is -2.01. The summed E-state index contributed by atoms with van der Waals surface area (Å²) >= 11 is 1.23. The highest BCUT2D eigenvalue weighted by molar-refractivity contribution is 7.08. The average Bonchev–Trinajstić information content (AvgIpc) is 2.81. The number of esters is 1. The number of hydrogen-bond acceptors (Lipinski definition) is 4. The second-order valence-electron chi connectivity index (χ2n) is 3.41. The maximum Gasteiger partial charge on any atom is 0.340 e. The van der Waals surface area contributed by atoms with E-state index in [4.69, 9.17) is 0 Å². The number of hydrogen-bond donors (Lipinski definition) is 1. The Bertz CT molecular complexity index is 563. The summed E-state index contributed by atoms with van der Waals surface area (Å²) in [4.78, 5) is 11.4. The molecule has 3 nitrogen and oxygen atoms in total. The van der Waals surface area contributed by atoms with Gasteiger partial charge >= 0.3 is 5.97 Å². The number of carbonyl (C=O) groups is 1. The lowest BCUT2D eigenvalue weighted by Crippen LogP contribution is -2.04. The van der Waals surface area contributed by atoms with Crippen molar-refractivity contribution in [2.24, 2.45) is 0 Å². The van der Waals surface area contributed by atoms with E-state index >= 15 is 0 Å². The molecule has 1 aromatic carbocycles. The smallest absolute Gasteiger partial charge is 0.340 e. The van der Waals surface area contributed by atoms with Crippen molar-refractivity contribution >= 4 is 28.7 Å². The molecule has 0 aliphatic heterocycles. The van der Waals surface area contributed by atoms with Gasteiger partial charge in [-0.25, -0.2) is 13.6 Å². The first-order valence-corrected chi connectivity index (χ1v) is 5.93. The van der Waals surface area contributed by atoms with Gasteiger partial charge in [0.1, 0.15) is 17.3 Å². The van der Waals surface area contributed by atoms with Crippen molar-refractivity contribution in [3.8, 4) is 0 Å². The monoisotopic (exact) mass is 269 g/mol. The van der Waals surface area contributed by atoms with Crippen LogP contribution in [0.3, 0.4) is 0 Å². The van der Waals surface area contributed by atoms with Gasteiger partial charge in [0, 0.05) is 10.8 Å². The Hall–Kier alpha value is -1.95. The van der Waals surface area contributed by atoms with Gasteiger partial charge in [0.25, 0.3) is 0 Å². The summed E-state index contributed by atoms with van der Waals surface area (Å²) in [5.41, 5.74) is 0.266. The predicted molar refractivity (Wildman–Crippen MR) is 65.3 cm³/mol. The average molecular weight is 269 g/mol. The van der Waals surface area contributed by atoms with Crippen LogP contribution in [-0.4, -0.2) is 13.1 Å². The van der Waals surface area contributed by atoms with Crippen molar-refractivity contribution in [2.75, 3.05) is 12.4 Å². The lowest BCUT2D eigenvalue weighted by molar-refractivity contribution is 0.0602. The van der Waals surface area contributed by atoms with E-state index < -0.39 is 17.6 Å². The van der Waals surface area contributed by atoms with Crippen LogP contribution in [0.2, 0.25) is 0 Å². The summed E-state index contributed by atoms with van der Waals surface area (Å²) in [6.07, 6.45) is 0. The van der Waals surface area contributed by atoms with Crippen LogP contribution in [0, 0.1) is 11.6 Å². The first-order chi connectivity index (χ1) is 8.63. The third-order valence-electron chi connectivity index (χ3n) is 2.29. The normalized spacial score (nSPS) is 10.2. The van der Waals surface area contributed by atoms with Crippen LogP contribution < -0.4 is 5.32 Å². The number of thiophene rings is 1. The van der Waals surface area contributed by atoms with Crippen molar-refractivity contribution < 1.29 is 18.3 Å². The molecule has 6 heteroatoms. The van der Waals surface area contributed by atoms with Crippen LogP contribution in [0.1, 0.15) is 10.4 Å². The van der Waals surface area contributed by atoms with E-state index in [0.29, 0.717) is 5.69 Å². The zero-order chi connectivity index (χ0) is 13.1. The van der Waals surface area contributed by atoms with Crippen LogP contribution >= 0.6 is 11.3 Å². The second-order valence-corrected chi connectivity index (χ2v) is 4.16. The molecule has 0 fully saturated rings. The van der Waals surface area contributed by atoms with Crippen molar-refractivity contribution in [2.45, 2.75) is 0 Å². The summed E-state index contributed by atoms with van der Waals surface area (Å²) in [5, 5.41) is 5.69. The standard InChI is InChI=1S/C12H9F2NO2S/c1-17-12(16)7-5-18-6-10(7)15-11-8(13)3-2-4-9(11)14/h2-6,15H,1H3. The fourth-order valence-electron chi connectivity index (χ4n) is 1.41. The first-order valence-electron chi connectivity index (χ1n) is 4.99. The summed E-state index contributed by atoms with van der Waals surface area (Å²) < 4.78 is 31.5. The second kappa shape index (κ2) is 5.14. The molecule has 0 spiro atoms. The van der Waals surface area contributed by atoms with Gasteiger partial charge in [0.2, 0.25) is 0 Å². The lowest BCUT2D eigenvalue weighted by Gasteiger charge is -2.08. The van der Waals surface area contributed by atoms with Gasteiger partial charge in [-0.3, -0.25) is 0 Å². The molecule has 18 heavy (non-hydrogen) atoms. The van der Waals surface area contributed by atoms with Crippen LogP contribution in [0.25, 0.3) is 0 Å². The van der Waals surface area contributed by atoms with Gasteiger partial charge in [0.15, 0.2) is 0 Å². The maximum absolute atomic E-state index is 13.4. The van der Waals surface area contributed by atoms with E-state index in [9.17, 15) is 13.6 Å². The van der Waals surface area contributed by atoms with E-state index in [1.54, 1.807) is 10.8 Å². The minimum atomic E-state index is -0.725. The Morgan fingerprint density at radius 2 is 1.94 bits per heavy atom. The SMILES string of the molecule is COC(=O)c1cscc1Nc1c(F)cccc1F. The van der Waals surface area contributed by atoms with E-state index in [-0.39, 0.29) is 11.3 Å². The van der Waals surface area contributed by atoms with Crippen LogP contribution in [-0.2, 0) is 4.74 Å². The third-order valence-corrected chi connectivity index (χ3v) is 3.03. The number of methoxy groups -OCH3 is 1. The number of anilines is 2. The van der Waals surface area contributed by atoms with E-state index in [0.717, 1.165) is 12.1 Å². The van der Waals surface area contributed by atoms with Gasteiger partial charge in [-0.15, -0.1) is 11.3 Å². The molecule has 0 unspecified atom stereocenters. The van der Waals surface area contributed by atoms with Crippen LogP contribution in [0.4, 0.5) is 20.2 Å². The number of para-hydroxylation sites is 1. The maximum atomic E-state index is 13.4. The van der Waals surface area contributed by atoms with E-state index in [1.807, 2.05) is 0 Å². The van der Waals surface area contributed by atoms with Crippen molar-refractivity contribution in [3.63, 3.8) is 0 Å². The number of halogens is 2. The number of ether oxygens (including phenoxy) is 1. The Morgan fingerprint density at radius 3 is 2.56 bits per heavy atom. The number of carbonyl (C=O) groups excluding carboxylic acids is 1. The molecule has 2 aromatic rings. The highest BCUT2D eigenvalue weighted by Gasteiger charge is 2.16. The molecule has 0 aliphatic rings. The molecule has 2 rings (SSSR count). The molecule has 1 N–H and O–H groups in total. The van der Waals surface area contributed by atoms with Crippen molar-refractivity contribution in [1.82, 2.24) is 0 Å². The van der Waals surface area contributed by atoms with Gasteiger partial charge in [-0.2, -0.15) is 0 Å². The Morgan fingerprint density at radius 1 is 1.28 bits per heavy atom. The molecule has 0 bridgehead atoms. The number of nitrogens with one attached hydrogen (secondary N) is 1. The van der Waals surface area contributed by atoms with E-state index in [1.165, 1.54) is 24.5 Å². The molecule has 0 radical (unpaired) electrons. The topological polar surface area (TPSA) is 38.3 Å². The predicted octanol–water partition coefficient (Wildman–Crippen LogP) is 3.56. The molecule has 0 atom stereocenters. The fraction of sp³-hybridized carbons (Fsp3) is 0.0833. The van der Waals surface area contributed by atoms with Gasteiger partial charge < -0.3 is 10.1 Å². The highest BCUT2D eigenvalue weighted by Crippen LogP contribution is 2.28. The summed E-state index contributed by atoms with van der Waals surface area (Å²) in [6.45, 7) is 0. The van der Waals surface area contributed by atoms with E-state index in [2.05, 4.69) is 10.1 Å². The Balaban J connectivity index is 2.35. The fourth-order valence-corrected chi connectivity index (χ4v) is 2.16. The largest absolute Gasteiger partial charge is 0.465 e. The van der Waals surface area contributed by atoms with Crippen LogP contribution in [0.15, 0.2) is 29.0 Å². The lowest BCUT2D eigenvalue weighted by atomic mass is 10.2. The zero-order valence-corrected chi connectivity index (χ0v) is 10.2. The van der Waals surface area contributed by atoms with Crippen molar-refractivity contribution in [1.29, 1.82) is 0 Å². The molecule has 1 heterocycles.